The monoisotopic (exact) mass is 348 g/mol. The first kappa shape index (κ1) is 13.2. The van der Waals surface area contributed by atoms with E-state index >= 15 is 0 Å². The molecular formula is C15H10BrClN2O. The highest BCUT2D eigenvalue weighted by atomic mass is 79.9. The third-order valence-electron chi connectivity index (χ3n) is 3.02. The van der Waals surface area contributed by atoms with Crippen LogP contribution in [0.15, 0.2) is 53.1 Å². The number of aromatic nitrogens is 1. The van der Waals surface area contributed by atoms with E-state index in [-0.39, 0.29) is 5.91 Å². The smallest absolute Gasteiger partial charge is 0.256 e. The molecule has 1 heterocycles. The number of rotatable bonds is 2. The first-order valence-electron chi connectivity index (χ1n) is 5.97. The largest absolute Gasteiger partial charge is 0.361 e. The number of nitrogens with one attached hydrogen (secondary N) is 2. The summed E-state index contributed by atoms with van der Waals surface area (Å²) in [5.41, 5.74) is 2.27. The van der Waals surface area contributed by atoms with Crippen molar-refractivity contribution in [3.05, 3.63) is 63.7 Å². The van der Waals surface area contributed by atoms with Crippen LogP contribution in [-0.2, 0) is 0 Å². The van der Waals surface area contributed by atoms with E-state index in [1.807, 2.05) is 24.4 Å². The molecule has 100 valence electrons. The zero-order chi connectivity index (χ0) is 14.1. The first-order chi connectivity index (χ1) is 9.65. The number of aromatic amines is 1. The predicted octanol–water partition coefficient (Wildman–Crippen LogP) is 4.84. The van der Waals surface area contributed by atoms with Crippen LogP contribution in [0.5, 0.6) is 0 Å². The van der Waals surface area contributed by atoms with Crippen LogP contribution in [0.1, 0.15) is 10.4 Å². The van der Waals surface area contributed by atoms with Gasteiger partial charge in [0.05, 0.1) is 5.02 Å². The van der Waals surface area contributed by atoms with E-state index in [1.54, 1.807) is 24.3 Å². The quantitative estimate of drug-likeness (QED) is 0.683. The van der Waals surface area contributed by atoms with Crippen LogP contribution in [0.25, 0.3) is 10.9 Å². The summed E-state index contributed by atoms with van der Waals surface area (Å²) in [5, 5.41) is 4.37. The summed E-state index contributed by atoms with van der Waals surface area (Å²) in [6.07, 6.45) is 1.82. The van der Waals surface area contributed by atoms with Crippen molar-refractivity contribution in [1.29, 1.82) is 0 Å². The van der Waals surface area contributed by atoms with Crippen molar-refractivity contribution in [3.63, 3.8) is 0 Å². The van der Waals surface area contributed by atoms with Gasteiger partial charge in [-0.25, -0.2) is 0 Å². The van der Waals surface area contributed by atoms with Crippen LogP contribution in [0.3, 0.4) is 0 Å². The average Bonchev–Trinajstić information content (AvgIpc) is 2.91. The fraction of sp³-hybridized carbons (Fsp3) is 0. The van der Waals surface area contributed by atoms with E-state index in [2.05, 4.69) is 26.2 Å². The van der Waals surface area contributed by atoms with Crippen LogP contribution in [-0.4, -0.2) is 10.9 Å². The molecule has 0 aliphatic carbocycles. The maximum absolute atomic E-state index is 12.3. The van der Waals surface area contributed by atoms with Crippen molar-refractivity contribution in [2.75, 3.05) is 5.32 Å². The Morgan fingerprint density at radius 1 is 1.20 bits per heavy atom. The summed E-state index contributed by atoms with van der Waals surface area (Å²) in [7, 11) is 0. The predicted molar refractivity (Wildman–Crippen MR) is 85.4 cm³/mol. The number of halogens is 2. The van der Waals surface area contributed by atoms with Crippen LogP contribution in [0.2, 0.25) is 5.02 Å². The van der Waals surface area contributed by atoms with E-state index in [1.165, 1.54) is 0 Å². The summed E-state index contributed by atoms with van der Waals surface area (Å²) in [5.74, 6) is -0.149. The highest BCUT2D eigenvalue weighted by Crippen LogP contribution is 2.26. The van der Waals surface area contributed by atoms with Gasteiger partial charge in [0, 0.05) is 32.8 Å². The Morgan fingerprint density at radius 2 is 2.05 bits per heavy atom. The molecule has 0 saturated carbocycles. The van der Waals surface area contributed by atoms with Crippen LogP contribution in [0.4, 0.5) is 5.69 Å². The number of anilines is 1. The Kier molecular flexibility index (Phi) is 3.51. The minimum Gasteiger partial charge on any atom is -0.361 e. The van der Waals surface area contributed by atoms with E-state index in [0.717, 1.165) is 15.4 Å². The van der Waals surface area contributed by atoms with Gasteiger partial charge >= 0.3 is 0 Å². The molecule has 20 heavy (non-hydrogen) atoms. The molecule has 0 aliphatic rings. The van der Waals surface area contributed by atoms with Crippen LogP contribution < -0.4 is 5.32 Å². The number of fused-ring (bicyclic) bond motifs is 1. The van der Waals surface area contributed by atoms with Gasteiger partial charge < -0.3 is 10.3 Å². The average molecular weight is 350 g/mol. The number of carbonyl (C=O) groups excluding carboxylic acids is 1. The van der Waals surface area contributed by atoms with Gasteiger partial charge in [-0.2, -0.15) is 0 Å². The molecule has 2 aromatic carbocycles. The first-order valence-corrected chi connectivity index (χ1v) is 7.15. The minimum absolute atomic E-state index is 0.149. The highest BCUT2D eigenvalue weighted by Gasteiger charge is 2.11. The second kappa shape index (κ2) is 5.31. The maximum Gasteiger partial charge on any atom is 0.256 e. The Labute approximate surface area is 129 Å². The van der Waals surface area contributed by atoms with Crippen molar-refractivity contribution in [2.45, 2.75) is 0 Å². The summed E-state index contributed by atoms with van der Waals surface area (Å²) < 4.78 is 0.747. The molecule has 0 atom stereocenters. The molecule has 3 rings (SSSR count). The zero-order valence-corrected chi connectivity index (χ0v) is 12.6. The Hall–Kier alpha value is -1.78. The zero-order valence-electron chi connectivity index (χ0n) is 10.3. The number of H-pyrrole nitrogens is 1. The van der Waals surface area contributed by atoms with Crippen molar-refractivity contribution >= 4 is 50.0 Å². The lowest BCUT2D eigenvalue weighted by Gasteiger charge is -2.07. The standard InChI is InChI=1S/C15H10BrClN2O/c16-12-8-9(4-5-13(12)17)19-15(20)11-2-1-3-14-10(11)6-7-18-14/h1-8,18H,(H,19,20). The summed E-state index contributed by atoms with van der Waals surface area (Å²) in [4.78, 5) is 15.4. The van der Waals surface area contributed by atoms with Crippen LogP contribution in [0, 0.1) is 0 Å². The molecule has 0 saturated heterocycles. The molecule has 0 fully saturated rings. The van der Waals surface area contributed by atoms with E-state index in [4.69, 9.17) is 11.6 Å². The van der Waals surface area contributed by atoms with Crippen molar-refractivity contribution in [1.82, 2.24) is 4.98 Å². The lowest BCUT2D eigenvalue weighted by Crippen LogP contribution is -2.12. The molecule has 0 spiro atoms. The lowest BCUT2D eigenvalue weighted by molar-refractivity contribution is 0.102. The molecular weight excluding hydrogens is 340 g/mol. The minimum atomic E-state index is -0.149. The van der Waals surface area contributed by atoms with Gasteiger partial charge in [0.2, 0.25) is 0 Å². The number of benzene rings is 2. The summed E-state index contributed by atoms with van der Waals surface area (Å²) >= 11 is 9.27. The normalized spacial score (nSPS) is 10.7. The van der Waals surface area contributed by atoms with Gasteiger partial charge in [0.25, 0.3) is 5.91 Å². The number of amides is 1. The molecule has 3 nitrogen and oxygen atoms in total. The van der Waals surface area contributed by atoms with E-state index in [9.17, 15) is 4.79 Å². The Bertz CT molecular complexity index is 797. The lowest BCUT2D eigenvalue weighted by atomic mass is 10.1. The molecule has 2 N–H and O–H groups in total. The summed E-state index contributed by atoms with van der Waals surface area (Å²) in [6, 6.07) is 12.8. The third kappa shape index (κ3) is 2.44. The van der Waals surface area contributed by atoms with Crippen molar-refractivity contribution < 1.29 is 4.79 Å². The molecule has 0 aliphatic heterocycles. The van der Waals surface area contributed by atoms with Gasteiger partial charge in [-0.1, -0.05) is 17.7 Å². The number of hydrogen-bond acceptors (Lipinski definition) is 1. The van der Waals surface area contributed by atoms with E-state index < -0.39 is 0 Å². The molecule has 5 heteroatoms. The highest BCUT2D eigenvalue weighted by molar-refractivity contribution is 9.10. The van der Waals surface area contributed by atoms with Gasteiger partial charge in [0.15, 0.2) is 0 Å². The Balaban J connectivity index is 1.93. The van der Waals surface area contributed by atoms with Gasteiger partial charge in [0.1, 0.15) is 0 Å². The molecule has 1 amide bonds. The second-order valence-electron chi connectivity index (χ2n) is 4.33. The van der Waals surface area contributed by atoms with Crippen LogP contribution >= 0.6 is 27.5 Å². The fourth-order valence-electron chi connectivity index (χ4n) is 2.06. The van der Waals surface area contributed by atoms with Gasteiger partial charge in [-0.05, 0) is 52.3 Å². The maximum atomic E-state index is 12.3. The Morgan fingerprint density at radius 3 is 2.85 bits per heavy atom. The van der Waals surface area contributed by atoms with Gasteiger partial charge in [-0.15, -0.1) is 0 Å². The van der Waals surface area contributed by atoms with E-state index in [0.29, 0.717) is 16.3 Å². The summed E-state index contributed by atoms with van der Waals surface area (Å²) in [6.45, 7) is 0. The number of carbonyl (C=O) groups is 1. The molecule has 0 radical (unpaired) electrons. The second-order valence-corrected chi connectivity index (χ2v) is 5.59. The third-order valence-corrected chi connectivity index (χ3v) is 4.23. The topological polar surface area (TPSA) is 44.9 Å². The molecule has 1 aromatic heterocycles. The fourth-order valence-corrected chi connectivity index (χ4v) is 2.55. The number of hydrogen-bond donors (Lipinski definition) is 2. The van der Waals surface area contributed by atoms with Crippen molar-refractivity contribution in [2.24, 2.45) is 0 Å². The molecule has 0 bridgehead atoms. The molecule has 3 aromatic rings. The SMILES string of the molecule is O=C(Nc1ccc(Cl)c(Br)c1)c1cccc2[nH]ccc12. The van der Waals surface area contributed by atoms with Gasteiger partial charge in [-0.3, -0.25) is 4.79 Å². The molecule has 0 unspecified atom stereocenters. The van der Waals surface area contributed by atoms with Crippen molar-refractivity contribution in [3.8, 4) is 0 Å².